The molecule has 73 heavy (non-hydrogen) atoms. The molecule has 416 valence electrons. The average molecular weight is 1040 g/mol. The molecule has 10 heteroatoms. The molecule has 0 saturated heterocycles. The highest BCUT2D eigenvalue weighted by molar-refractivity contribution is 7.47. The van der Waals surface area contributed by atoms with Crippen molar-refractivity contribution < 1.29 is 37.6 Å². The van der Waals surface area contributed by atoms with Gasteiger partial charge in [-0.1, -0.05) is 201 Å². The van der Waals surface area contributed by atoms with Crippen molar-refractivity contribution in [2.75, 3.05) is 26.4 Å². The zero-order chi connectivity index (χ0) is 53.1. The summed E-state index contributed by atoms with van der Waals surface area (Å²) in [5.41, 5.74) is 0. The van der Waals surface area contributed by atoms with Crippen LogP contribution in [0, 0.1) is 0 Å². The summed E-state index contributed by atoms with van der Waals surface area (Å²) in [7, 11) is -4.50. The zero-order valence-electron chi connectivity index (χ0n) is 46.5. The molecule has 0 aliphatic heterocycles. The van der Waals surface area contributed by atoms with E-state index >= 15 is 0 Å². The van der Waals surface area contributed by atoms with Crippen molar-refractivity contribution in [1.82, 2.24) is 5.32 Å². The molecule has 0 saturated carbocycles. The maximum Gasteiger partial charge on any atom is 0.472 e. The van der Waals surface area contributed by atoms with Gasteiger partial charge in [0.15, 0.2) is 6.10 Å². The van der Waals surface area contributed by atoms with Gasteiger partial charge in [0.25, 0.3) is 0 Å². The molecule has 0 aliphatic carbocycles. The number of hydrogen-bond donors (Lipinski definition) is 2. The first-order valence-corrected chi connectivity index (χ1v) is 30.5. The van der Waals surface area contributed by atoms with Gasteiger partial charge in [0, 0.05) is 19.4 Å². The molecule has 1 amide bonds. The van der Waals surface area contributed by atoms with Crippen molar-refractivity contribution in [2.45, 2.75) is 239 Å². The van der Waals surface area contributed by atoms with E-state index in [1.54, 1.807) is 6.26 Å². The fourth-order valence-electron chi connectivity index (χ4n) is 7.34. The lowest BCUT2D eigenvalue weighted by Gasteiger charge is -2.19. The van der Waals surface area contributed by atoms with Crippen LogP contribution in [0.5, 0.6) is 0 Å². The third-order valence-electron chi connectivity index (χ3n) is 11.7. The Morgan fingerprint density at radius 3 is 1.26 bits per heavy atom. The maximum absolute atomic E-state index is 12.8. The molecule has 0 aromatic carbocycles. The Labute approximate surface area is 447 Å². The zero-order valence-corrected chi connectivity index (χ0v) is 47.4. The lowest BCUT2D eigenvalue weighted by atomic mass is 10.1. The van der Waals surface area contributed by atoms with E-state index < -0.39 is 19.9 Å². The second-order valence-electron chi connectivity index (χ2n) is 18.7. The van der Waals surface area contributed by atoms with Gasteiger partial charge in [-0.3, -0.25) is 18.6 Å². The highest BCUT2D eigenvalue weighted by Crippen LogP contribution is 2.43. The van der Waals surface area contributed by atoms with Gasteiger partial charge >= 0.3 is 13.8 Å². The molecule has 0 bridgehead atoms. The minimum absolute atomic E-state index is 0.0401. The van der Waals surface area contributed by atoms with E-state index in [2.05, 4.69) is 135 Å². The van der Waals surface area contributed by atoms with E-state index in [4.69, 9.17) is 18.5 Å². The molecule has 0 rings (SSSR count). The first-order chi connectivity index (χ1) is 35.8. The van der Waals surface area contributed by atoms with Gasteiger partial charge in [0.05, 0.1) is 19.5 Å². The van der Waals surface area contributed by atoms with Crippen molar-refractivity contribution >= 4 is 19.7 Å². The number of nitrogens with one attached hydrogen (secondary N) is 1. The Balaban J connectivity index is 4.64. The standard InChI is InChI=1S/C63H106NO8P/c1-4-7-10-13-16-19-22-25-28-31-33-36-39-42-45-48-51-54-62(65)64-56-58-70-73(67,68)71-60-61(59-69-57-53-50-47-44-41-38-35-30-27-24-21-18-15-12-9-6-3)72-63(66)55-52-49-46-43-40-37-34-32-29-26-23-20-17-14-11-8-5-2/h16-17,19-20,25-30,33-34,36-37,42-43,45-46,53,57,61H,4-15,18,21-24,31-32,35,38-41,44,47-52,54-56,58-60H2,1-3H3,(H,64,65)(H,67,68)/b19-16-,20-17-,28-25-,29-26-,30-27-,36-33-,37-34-,45-42-,46-43-,57-53-/t61-/m1/s1. The lowest BCUT2D eigenvalue weighted by molar-refractivity contribution is -0.153. The molecule has 0 aliphatic rings. The third-order valence-corrected chi connectivity index (χ3v) is 12.7. The smallest absolute Gasteiger partial charge is 0.472 e. The largest absolute Gasteiger partial charge is 0.498 e. The minimum atomic E-state index is -4.50. The normalized spacial score (nSPS) is 13.9. The van der Waals surface area contributed by atoms with Crippen LogP contribution in [0.4, 0.5) is 0 Å². The topological polar surface area (TPSA) is 120 Å². The van der Waals surface area contributed by atoms with Gasteiger partial charge in [-0.05, 0) is 134 Å². The molecule has 1 unspecified atom stereocenters. The number of carbonyl (C=O) groups is 2. The summed E-state index contributed by atoms with van der Waals surface area (Å²) in [6.07, 6.45) is 76.7. The SMILES string of the molecule is CCCCC/C=C\C/C=C\C/C=C\C/C=C\CCCC(=O)NCCOP(=O)(O)OC[C@@H](CO/C=C\CCCCCC/C=C\CCCCCCCC)OC(=O)CCC/C=C\C/C=C\C/C=C\C/C=C\CCCCC. The van der Waals surface area contributed by atoms with E-state index in [1.165, 1.54) is 109 Å². The first kappa shape index (κ1) is 69.2. The van der Waals surface area contributed by atoms with Crippen LogP contribution in [0.2, 0.25) is 0 Å². The Morgan fingerprint density at radius 2 is 0.795 bits per heavy atom. The Morgan fingerprint density at radius 1 is 0.438 bits per heavy atom. The van der Waals surface area contributed by atoms with Gasteiger partial charge in [0.2, 0.25) is 5.91 Å². The van der Waals surface area contributed by atoms with Crippen LogP contribution >= 0.6 is 7.82 Å². The molecule has 0 aromatic rings. The molecular formula is C63H106NO8P. The number of hydrogen-bond acceptors (Lipinski definition) is 7. The summed E-state index contributed by atoms with van der Waals surface area (Å²) in [6.45, 7) is 6.12. The Bertz CT molecular complexity index is 1600. The summed E-state index contributed by atoms with van der Waals surface area (Å²) < 4.78 is 34.4. The highest BCUT2D eigenvalue weighted by Gasteiger charge is 2.25. The molecule has 0 fully saturated rings. The number of phosphoric ester groups is 1. The van der Waals surface area contributed by atoms with Crippen LogP contribution in [0.25, 0.3) is 0 Å². The van der Waals surface area contributed by atoms with Crippen molar-refractivity contribution in [2.24, 2.45) is 0 Å². The monoisotopic (exact) mass is 1040 g/mol. The quantitative estimate of drug-likeness (QED) is 0.0203. The second-order valence-corrected chi connectivity index (χ2v) is 20.2. The van der Waals surface area contributed by atoms with Crippen LogP contribution in [0.1, 0.15) is 233 Å². The Kier molecular flexibility index (Phi) is 54.6. The molecule has 0 heterocycles. The summed E-state index contributed by atoms with van der Waals surface area (Å²) in [5, 5.41) is 2.72. The van der Waals surface area contributed by atoms with Crippen LogP contribution in [-0.2, 0) is 32.7 Å². The molecule has 0 spiro atoms. The first-order valence-electron chi connectivity index (χ1n) is 29.0. The van der Waals surface area contributed by atoms with Gasteiger partial charge in [-0.25, -0.2) is 4.57 Å². The van der Waals surface area contributed by atoms with Gasteiger partial charge in [-0.15, -0.1) is 0 Å². The predicted octanol–water partition coefficient (Wildman–Crippen LogP) is 18.6. The van der Waals surface area contributed by atoms with Crippen LogP contribution in [0.15, 0.2) is 122 Å². The number of allylic oxidation sites excluding steroid dienone is 19. The van der Waals surface area contributed by atoms with Crippen molar-refractivity contribution in [3.63, 3.8) is 0 Å². The van der Waals surface area contributed by atoms with Gasteiger partial charge < -0.3 is 19.7 Å². The number of unbranched alkanes of at least 4 members (excludes halogenated alkanes) is 19. The second kappa shape index (κ2) is 57.5. The maximum atomic E-state index is 12.8. The number of carbonyl (C=O) groups excluding carboxylic acids is 2. The van der Waals surface area contributed by atoms with Crippen molar-refractivity contribution in [1.29, 1.82) is 0 Å². The minimum Gasteiger partial charge on any atom is -0.498 e. The van der Waals surface area contributed by atoms with E-state index in [0.29, 0.717) is 19.3 Å². The van der Waals surface area contributed by atoms with Crippen molar-refractivity contribution in [3.8, 4) is 0 Å². The summed E-state index contributed by atoms with van der Waals surface area (Å²) in [4.78, 5) is 35.5. The molecule has 9 nitrogen and oxygen atoms in total. The predicted molar refractivity (Wildman–Crippen MR) is 311 cm³/mol. The fraction of sp³-hybridized carbons (Fsp3) is 0.651. The number of esters is 1. The van der Waals surface area contributed by atoms with E-state index in [0.717, 1.165) is 77.0 Å². The molecule has 0 radical (unpaired) electrons. The number of amides is 1. The van der Waals surface area contributed by atoms with E-state index in [1.807, 2.05) is 6.08 Å². The van der Waals surface area contributed by atoms with E-state index in [-0.39, 0.29) is 38.7 Å². The van der Waals surface area contributed by atoms with Crippen LogP contribution in [0.3, 0.4) is 0 Å². The fourth-order valence-corrected chi connectivity index (χ4v) is 8.09. The molecule has 2 N–H and O–H groups in total. The van der Waals surface area contributed by atoms with Crippen LogP contribution < -0.4 is 5.32 Å². The number of rotatable bonds is 53. The summed E-state index contributed by atoms with van der Waals surface area (Å²) >= 11 is 0. The molecule has 0 aromatic heterocycles. The van der Waals surface area contributed by atoms with Gasteiger partial charge in [0.1, 0.15) is 6.61 Å². The number of ether oxygens (including phenoxy) is 2. The lowest BCUT2D eigenvalue weighted by Crippen LogP contribution is -2.28. The van der Waals surface area contributed by atoms with Crippen LogP contribution in [-0.4, -0.2) is 49.2 Å². The van der Waals surface area contributed by atoms with Crippen molar-refractivity contribution in [3.05, 3.63) is 122 Å². The molecular weight excluding hydrogens is 930 g/mol. The Hall–Kier alpha value is -3.75. The average Bonchev–Trinajstić information content (AvgIpc) is 3.38. The number of phosphoric acid groups is 1. The summed E-state index contributed by atoms with van der Waals surface area (Å²) in [5.74, 6) is -0.594. The van der Waals surface area contributed by atoms with Gasteiger partial charge in [-0.2, -0.15) is 0 Å². The van der Waals surface area contributed by atoms with E-state index in [9.17, 15) is 19.0 Å². The summed E-state index contributed by atoms with van der Waals surface area (Å²) in [6, 6.07) is 0. The molecule has 2 atom stereocenters. The third kappa shape index (κ3) is 57.4. The highest BCUT2D eigenvalue weighted by atomic mass is 31.2.